The number of aryl methyl sites for hydroxylation is 1. The fourth-order valence-electron chi connectivity index (χ4n) is 2.15. The highest BCUT2D eigenvalue weighted by molar-refractivity contribution is 7.98. The van der Waals surface area contributed by atoms with Crippen LogP contribution in [0.15, 0.2) is 18.2 Å². The average molecular weight is 299 g/mol. The van der Waals surface area contributed by atoms with Crippen LogP contribution in [0.25, 0.3) is 11.0 Å². The zero-order chi connectivity index (χ0) is 13.8. The van der Waals surface area contributed by atoms with Gasteiger partial charge in [0.2, 0.25) is 0 Å². The lowest BCUT2D eigenvalue weighted by molar-refractivity contribution is 0.415. The second-order valence-electron chi connectivity index (χ2n) is 4.44. The highest BCUT2D eigenvalue weighted by atomic mass is 35.5. The predicted octanol–water partition coefficient (Wildman–Crippen LogP) is 4.10. The normalized spacial score (nSPS) is 12.8. The van der Waals surface area contributed by atoms with E-state index in [2.05, 4.69) is 15.8 Å². The topological polar surface area (TPSA) is 27.1 Å². The Bertz CT molecular complexity index is 554. The summed E-state index contributed by atoms with van der Waals surface area (Å²) in [5, 5.41) is -0.0901. The number of methoxy groups -OCH3 is 1. The number of aromatic nitrogens is 2. The second-order valence-corrected chi connectivity index (χ2v) is 6.08. The van der Waals surface area contributed by atoms with Crippen LogP contribution in [0.2, 0.25) is 0 Å². The molecule has 0 N–H and O–H groups in total. The largest absolute Gasteiger partial charge is 0.497 e. The van der Waals surface area contributed by atoms with Crippen molar-refractivity contribution in [2.45, 2.75) is 25.3 Å². The molecule has 104 valence electrons. The predicted molar refractivity (Wildman–Crippen MR) is 83.6 cm³/mol. The van der Waals surface area contributed by atoms with Crippen LogP contribution >= 0.6 is 23.4 Å². The van der Waals surface area contributed by atoms with Crippen molar-refractivity contribution in [3.8, 4) is 5.75 Å². The fraction of sp³-hybridized carbons (Fsp3) is 0.500. The molecule has 1 aromatic heterocycles. The van der Waals surface area contributed by atoms with Gasteiger partial charge in [0.1, 0.15) is 11.6 Å². The third kappa shape index (κ3) is 3.18. The number of fused-ring (bicyclic) bond motifs is 1. The van der Waals surface area contributed by atoms with E-state index in [4.69, 9.17) is 16.3 Å². The van der Waals surface area contributed by atoms with Gasteiger partial charge in [-0.3, -0.25) is 0 Å². The molecule has 0 amide bonds. The number of hydrogen-bond donors (Lipinski definition) is 0. The number of ether oxygens (including phenoxy) is 1. The smallest absolute Gasteiger partial charge is 0.127 e. The number of nitrogens with zero attached hydrogens (tertiary/aromatic N) is 2. The van der Waals surface area contributed by atoms with Gasteiger partial charge < -0.3 is 9.30 Å². The van der Waals surface area contributed by atoms with Crippen molar-refractivity contribution >= 4 is 34.4 Å². The molecular weight excluding hydrogens is 280 g/mol. The first-order valence-corrected chi connectivity index (χ1v) is 8.17. The molecule has 1 atom stereocenters. The van der Waals surface area contributed by atoms with Crippen molar-refractivity contribution in [2.75, 3.05) is 19.1 Å². The van der Waals surface area contributed by atoms with Crippen LogP contribution in [-0.4, -0.2) is 28.7 Å². The van der Waals surface area contributed by atoms with Crippen LogP contribution in [0.1, 0.15) is 24.5 Å². The van der Waals surface area contributed by atoms with Gasteiger partial charge >= 0.3 is 0 Å². The first-order valence-electron chi connectivity index (χ1n) is 6.34. The maximum atomic E-state index is 6.25. The summed E-state index contributed by atoms with van der Waals surface area (Å²) in [5.74, 6) is 2.93. The molecule has 19 heavy (non-hydrogen) atoms. The Balaban J connectivity index is 2.44. The molecule has 0 radical (unpaired) electrons. The zero-order valence-electron chi connectivity index (χ0n) is 11.5. The third-order valence-corrected chi connectivity index (χ3v) is 3.96. The molecule has 2 rings (SSSR count). The summed E-state index contributed by atoms with van der Waals surface area (Å²) >= 11 is 8.11. The quantitative estimate of drug-likeness (QED) is 0.593. The van der Waals surface area contributed by atoms with Crippen molar-refractivity contribution < 1.29 is 4.74 Å². The van der Waals surface area contributed by atoms with E-state index in [0.717, 1.165) is 41.3 Å². The van der Waals surface area contributed by atoms with Gasteiger partial charge in [0.15, 0.2) is 0 Å². The van der Waals surface area contributed by atoms with Crippen LogP contribution in [0.5, 0.6) is 5.75 Å². The van der Waals surface area contributed by atoms with Crippen LogP contribution < -0.4 is 4.74 Å². The van der Waals surface area contributed by atoms with Gasteiger partial charge in [0, 0.05) is 12.6 Å². The van der Waals surface area contributed by atoms with E-state index < -0.39 is 0 Å². The average Bonchev–Trinajstić information content (AvgIpc) is 2.77. The first-order chi connectivity index (χ1) is 9.17. The molecule has 0 saturated carbocycles. The summed E-state index contributed by atoms with van der Waals surface area (Å²) in [6, 6.07) is 5.95. The Kier molecular flexibility index (Phi) is 4.99. The third-order valence-electron chi connectivity index (χ3n) is 3.07. The maximum Gasteiger partial charge on any atom is 0.127 e. The molecule has 2 aromatic rings. The Hall–Kier alpha value is -0.870. The summed E-state index contributed by atoms with van der Waals surface area (Å²) in [4.78, 5) is 4.63. The van der Waals surface area contributed by atoms with Crippen molar-refractivity contribution in [2.24, 2.45) is 0 Å². The number of benzene rings is 1. The monoisotopic (exact) mass is 298 g/mol. The molecule has 0 saturated heterocycles. The number of hydrogen-bond acceptors (Lipinski definition) is 3. The molecule has 0 bridgehead atoms. The zero-order valence-corrected chi connectivity index (χ0v) is 13.1. The van der Waals surface area contributed by atoms with Gasteiger partial charge in [-0.05, 0) is 37.5 Å². The van der Waals surface area contributed by atoms with Crippen molar-refractivity contribution in [1.82, 2.24) is 9.55 Å². The fourth-order valence-corrected chi connectivity index (χ4v) is 2.74. The number of imidazole rings is 1. The van der Waals surface area contributed by atoms with Crippen molar-refractivity contribution in [1.29, 1.82) is 0 Å². The lowest BCUT2D eigenvalue weighted by atomic mass is 10.3. The Morgan fingerprint density at radius 2 is 2.26 bits per heavy atom. The molecule has 1 unspecified atom stereocenters. The summed E-state index contributed by atoms with van der Waals surface area (Å²) in [5.41, 5.74) is 2.08. The van der Waals surface area contributed by atoms with E-state index in [9.17, 15) is 0 Å². The van der Waals surface area contributed by atoms with E-state index >= 15 is 0 Å². The molecule has 0 spiro atoms. The van der Waals surface area contributed by atoms with Gasteiger partial charge in [-0.15, -0.1) is 11.6 Å². The lowest BCUT2D eigenvalue weighted by Gasteiger charge is -2.10. The van der Waals surface area contributed by atoms with Crippen LogP contribution in [-0.2, 0) is 6.54 Å². The van der Waals surface area contributed by atoms with Crippen molar-refractivity contribution in [3.05, 3.63) is 24.0 Å². The Labute approximate surface area is 123 Å². The minimum absolute atomic E-state index is 0.0901. The van der Waals surface area contributed by atoms with Gasteiger partial charge in [0.25, 0.3) is 0 Å². The molecule has 1 aromatic carbocycles. The molecule has 0 aliphatic heterocycles. The number of halogens is 1. The molecule has 0 fully saturated rings. The maximum absolute atomic E-state index is 6.25. The van der Waals surface area contributed by atoms with Crippen LogP contribution in [0, 0.1) is 0 Å². The van der Waals surface area contributed by atoms with Gasteiger partial charge in [0.05, 0.1) is 23.5 Å². The van der Waals surface area contributed by atoms with E-state index in [1.165, 1.54) is 0 Å². The molecule has 0 aliphatic carbocycles. The number of thioether (sulfide) groups is 1. The van der Waals surface area contributed by atoms with Gasteiger partial charge in [-0.1, -0.05) is 0 Å². The standard InChI is InChI=1S/C14H19ClN2OS/c1-10(15)14-16-12-6-5-11(18-2)9-13(12)17(14)7-4-8-19-3/h5-6,9-10H,4,7-8H2,1-3H3. The minimum Gasteiger partial charge on any atom is -0.497 e. The molecule has 1 heterocycles. The summed E-state index contributed by atoms with van der Waals surface area (Å²) in [6.45, 7) is 2.90. The summed E-state index contributed by atoms with van der Waals surface area (Å²) < 4.78 is 7.51. The molecular formula is C14H19ClN2OS. The highest BCUT2D eigenvalue weighted by Gasteiger charge is 2.15. The van der Waals surface area contributed by atoms with E-state index in [1.807, 2.05) is 36.9 Å². The molecule has 0 aliphatic rings. The van der Waals surface area contributed by atoms with E-state index in [0.29, 0.717) is 0 Å². The Morgan fingerprint density at radius 3 is 2.89 bits per heavy atom. The first kappa shape index (κ1) is 14.5. The molecule has 5 heteroatoms. The lowest BCUT2D eigenvalue weighted by Crippen LogP contribution is -2.05. The van der Waals surface area contributed by atoms with E-state index in [1.54, 1.807) is 7.11 Å². The number of rotatable bonds is 6. The van der Waals surface area contributed by atoms with Crippen molar-refractivity contribution in [3.63, 3.8) is 0 Å². The van der Waals surface area contributed by atoms with Crippen LogP contribution in [0.3, 0.4) is 0 Å². The second kappa shape index (κ2) is 6.53. The summed E-state index contributed by atoms with van der Waals surface area (Å²) in [7, 11) is 1.68. The SMILES string of the molecule is COc1ccc2nc(C(C)Cl)n(CCCSC)c2c1. The minimum atomic E-state index is -0.0901. The highest BCUT2D eigenvalue weighted by Crippen LogP contribution is 2.27. The van der Waals surface area contributed by atoms with Gasteiger partial charge in [-0.2, -0.15) is 11.8 Å². The number of alkyl halides is 1. The van der Waals surface area contributed by atoms with Crippen LogP contribution in [0.4, 0.5) is 0 Å². The Morgan fingerprint density at radius 1 is 1.47 bits per heavy atom. The van der Waals surface area contributed by atoms with Gasteiger partial charge in [-0.25, -0.2) is 4.98 Å². The van der Waals surface area contributed by atoms with E-state index in [-0.39, 0.29) is 5.38 Å². The molecule has 3 nitrogen and oxygen atoms in total. The summed E-state index contributed by atoms with van der Waals surface area (Å²) in [6.07, 6.45) is 3.24.